The summed E-state index contributed by atoms with van der Waals surface area (Å²) in [7, 11) is -1.00. The summed E-state index contributed by atoms with van der Waals surface area (Å²) in [5, 5.41) is 28.1. The number of carbonyl (C=O) groups excluding carboxylic acids is 3. The van der Waals surface area contributed by atoms with Gasteiger partial charge in [-0.1, -0.05) is 83.9 Å². The Bertz CT molecular complexity index is 3280. The summed E-state index contributed by atoms with van der Waals surface area (Å²) in [6, 6.07) is 17.3. The first kappa shape index (κ1) is 62.8. The molecule has 0 radical (unpaired) electrons. The zero-order valence-corrected chi connectivity index (χ0v) is 50.1. The standard InChI is InChI=1S/C28H31ClN6O3S.C19H21ClN4.C9H12N2O4S.CH3F.ClH/c1-28(2,3)38-27(37)35-26-33-22(15-39-26)24(36)31-17-8-6-9-18(13-17)32-25-30-14-21(29)23(34-25)20-12-11-16-7-4-5-10-19(16)20;20-17-11-22-19(23-14-6-3-5-13(21)10-14)24-18(17)16-9-8-12-4-1-2-7-15(12)16;1-9(2,3)15-8(14)11-7-10-5(4-16-7)6(12)13;1-2;/h4-5,7,10,12,14-15,17-18H,6,8-9,11,13H2,1-3H3,(H,31,36)(H,30,32,34)(H,33,35,37);1-2,4,7,9,11,13-14H,3,5-6,8,10,21H2,(H,22,23,24);4H,1-3H3,(H,12,13)(H,10,11,14);1H3;1H/t17-,18+;13-,14+;;;/m00.../s1/i;;;1D;. The first-order chi connectivity index (χ1) is 39.0. The molecule has 0 spiro atoms. The van der Waals surface area contributed by atoms with E-state index in [0.717, 1.165) is 104 Å². The molecule has 82 heavy (non-hydrogen) atoms. The summed E-state index contributed by atoms with van der Waals surface area (Å²) in [6.07, 6.45) is 16.0. The van der Waals surface area contributed by atoms with Crippen LogP contribution in [0.2, 0.25) is 10.0 Å². The Morgan fingerprint density at radius 1 is 0.683 bits per heavy atom. The van der Waals surface area contributed by atoms with Gasteiger partial charge in [0.15, 0.2) is 16.0 Å². The van der Waals surface area contributed by atoms with E-state index in [1.807, 2.05) is 12.1 Å². The van der Waals surface area contributed by atoms with Crippen molar-refractivity contribution >= 4 is 116 Å². The van der Waals surface area contributed by atoms with Crippen molar-refractivity contribution in [3.8, 4) is 0 Å². The van der Waals surface area contributed by atoms with Crippen molar-refractivity contribution in [2.24, 2.45) is 5.73 Å². The van der Waals surface area contributed by atoms with Gasteiger partial charge in [-0.15, -0.1) is 35.1 Å². The Labute approximate surface area is 501 Å². The molecule has 438 valence electrons. The molecule has 4 heterocycles. The molecule has 0 aliphatic heterocycles. The van der Waals surface area contributed by atoms with Crippen LogP contribution in [0.1, 0.15) is 149 Å². The molecule has 10 rings (SSSR count). The van der Waals surface area contributed by atoms with Crippen LogP contribution < -0.4 is 32.3 Å². The lowest BCUT2D eigenvalue weighted by atomic mass is 9.91. The molecule has 2 fully saturated rings. The van der Waals surface area contributed by atoms with E-state index in [4.69, 9.17) is 54.9 Å². The highest BCUT2D eigenvalue weighted by atomic mass is 35.5. The van der Waals surface area contributed by atoms with Crippen LogP contribution in [0.25, 0.3) is 11.1 Å². The number of anilines is 4. The molecular weight excluding hydrogens is 1150 g/mol. The molecule has 2 saturated carbocycles. The third kappa shape index (κ3) is 18.6. The zero-order valence-electron chi connectivity index (χ0n) is 47.2. The number of ether oxygens (including phenoxy) is 2. The number of carboxylic acid groups (broad SMARTS) is 1. The number of alkyl halides is 1. The van der Waals surface area contributed by atoms with Crippen molar-refractivity contribution in [2.75, 3.05) is 28.4 Å². The predicted molar refractivity (Wildman–Crippen MR) is 325 cm³/mol. The van der Waals surface area contributed by atoms with E-state index < -0.39 is 36.5 Å². The summed E-state index contributed by atoms with van der Waals surface area (Å²) in [5.41, 5.74) is 13.6. The minimum Gasteiger partial charge on any atom is -0.476 e. The van der Waals surface area contributed by atoms with Crippen LogP contribution in [0, 0.1) is 0 Å². The number of nitrogens with one attached hydrogen (secondary N) is 5. The third-order valence-corrected chi connectivity index (χ3v) is 14.8. The van der Waals surface area contributed by atoms with Gasteiger partial charge in [-0.25, -0.2) is 44.3 Å². The van der Waals surface area contributed by atoms with Gasteiger partial charge in [0, 0.05) is 46.1 Å². The number of hydrogen-bond donors (Lipinski definition) is 7. The van der Waals surface area contributed by atoms with Crippen LogP contribution in [-0.4, -0.2) is 102 Å². The number of benzene rings is 2. The molecule has 4 aromatic heterocycles. The molecule has 0 saturated heterocycles. The molecule has 4 atom stereocenters. The SMILES string of the molecule is CC(C)(C)OC(=O)Nc1nc(C(=O)N[C@H]2CCC[C@@H](Nc3ncc(Cl)c(C4=CCc5ccccc54)n3)C2)cs1.CC(C)(C)OC(=O)Nc1nc(C(=O)O)cs1.Cl.N[C@H]1CCC[C@@H](Nc2ncc(Cl)c(C3=CCc4ccccc43)n2)C1.[2H]CF. The fourth-order valence-electron chi connectivity index (χ4n) is 9.35. The van der Waals surface area contributed by atoms with Gasteiger partial charge in [-0.05, 0) is 128 Å². The maximum absolute atomic E-state index is 12.9. The van der Waals surface area contributed by atoms with Crippen molar-refractivity contribution in [3.05, 3.63) is 139 Å². The molecule has 4 aliphatic rings. The van der Waals surface area contributed by atoms with Crippen molar-refractivity contribution in [1.82, 2.24) is 35.2 Å². The summed E-state index contributed by atoms with van der Waals surface area (Å²) in [4.78, 5) is 72.9. The van der Waals surface area contributed by atoms with E-state index in [2.05, 4.69) is 95.1 Å². The minimum absolute atomic E-state index is 0. The minimum atomic E-state index is -1.13. The fraction of sp³-hybridized carbons (Fsp3) is 0.404. The number of nitrogens with zero attached hydrogens (tertiary/aromatic N) is 6. The molecule has 4 aliphatic carbocycles. The Morgan fingerprint density at radius 3 is 1.59 bits per heavy atom. The van der Waals surface area contributed by atoms with Gasteiger partial charge in [0.25, 0.3) is 5.91 Å². The van der Waals surface area contributed by atoms with E-state index in [1.54, 1.807) is 59.3 Å². The van der Waals surface area contributed by atoms with Gasteiger partial charge in [0.1, 0.15) is 16.9 Å². The molecule has 19 nitrogen and oxygen atoms in total. The maximum atomic E-state index is 12.9. The second-order valence-electron chi connectivity index (χ2n) is 21.3. The van der Waals surface area contributed by atoms with Crippen LogP contribution in [0.3, 0.4) is 0 Å². The number of rotatable bonds is 11. The highest BCUT2D eigenvalue weighted by Gasteiger charge is 2.28. The van der Waals surface area contributed by atoms with Gasteiger partial charge in [-0.2, -0.15) is 0 Å². The van der Waals surface area contributed by atoms with E-state index in [1.165, 1.54) is 33.4 Å². The average Bonchev–Trinajstić information content (AvgIpc) is 4.35. The van der Waals surface area contributed by atoms with Crippen molar-refractivity contribution in [3.63, 3.8) is 0 Å². The lowest BCUT2D eigenvalue weighted by Crippen LogP contribution is -2.42. The number of aromatic carboxylic acids is 1. The predicted octanol–water partition coefficient (Wildman–Crippen LogP) is 13.1. The van der Waals surface area contributed by atoms with Gasteiger partial charge in [0.2, 0.25) is 11.9 Å². The summed E-state index contributed by atoms with van der Waals surface area (Å²) in [6.45, 7) is 10.5. The van der Waals surface area contributed by atoms with Gasteiger partial charge >= 0.3 is 18.2 Å². The monoisotopic (exact) mass is 1220 g/mol. The Hall–Kier alpha value is -6.82. The summed E-state index contributed by atoms with van der Waals surface area (Å²) in [5.74, 6) is -0.243. The van der Waals surface area contributed by atoms with Crippen molar-refractivity contribution in [1.29, 1.82) is 0 Å². The molecule has 8 N–H and O–H groups in total. The first-order valence-electron chi connectivity index (χ1n) is 27.0. The lowest BCUT2D eigenvalue weighted by Gasteiger charge is -2.30. The van der Waals surface area contributed by atoms with Crippen LogP contribution in [0.4, 0.5) is 36.1 Å². The largest absolute Gasteiger partial charge is 0.476 e. The van der Waals surface area contributed by atoms with E-state index in [-0.39, 0.29) is 53.0 Å². The number of carboxylic acids is 1. The molecular formula is C57H68Cl3FN12O7S2. The number of fused-ring (bicyclic) bond motifs is 2. The van der Waals surface area contributed by atoms with E-state index in [0.29, 0.717) is 33.1 Å². The van der Waals surface area contributed by atoms with Gasteiger partial charge in [-0.3, -0.25) is 19.8 Å². The van der Waals surface area contributed by atoms with Crippen LogP contribution in [0.5, 0.6) is 0 Å². The number of carbonyl (C=O) groups is 4. The number of hydrogen-bond acceptors (Lipinski definition) is 17. The lowest BCUT2D eigenvalue weighted by molar-refractivity contribution is 0.0624. The molecule has 3 amide bonds. The van der Waals surface area contributed by atoms with Crippen LogP contribution >= 0.6 is 58.3 Å². The second-order valence-corrected chi connectivity index (χ2v) is 23.8. The van der Waals surface area contributed by atoms with E-state index in [9.17, 15) is 23.6 Å². The van der Waals surface area contributed by atoms with Crippen molar-refractivity contribution in [2.45, 2.75) is 141 Å². The number of nitrogens with two attached hydrogens (primary N) is 1. The van der Waals surface area contributed by atoms with Gasteiger partial charge in [0.05, 0.1) is 42.4 Å². The highest BCUT2D eigenvalue weighted by Crippen LogP contribution is 2.37. The zero-order chi connectivity index (χ0) is 59.1. The highest BCUT2D eigenvalue weighted by molar-refractivity contribution is 7.14. The number of aromatic nitrogens is 6. The average molecular weight is 1220 g/mol. The maximum Gasteiger partial charge on any atom is 0.413 e. The summed E-state index contributed by atoms with van der Waals surface area (Å²) >= 11 is 15.1. The summed E-state index contributed by atoms with van der Waals surface area (Å²) < 4.78 is 25.7. The van der Waals surface area contributed by atoms with Crippen LogP contribution in [0.15, 0.2) is 83.8 Å². The third-order valence-electron chi connectivity index (χ3n) is 12.7. The number of halogens is 4. The van der Waals surface area contributed by atoms with Crippen LogP contribution in [-0.2, 0) is 22.3 Å². The molecule has 25 heteroatoms. The number of thiazole rings is 2. The van der Waals surface area contributed by atoms with Gasteiger partial charge < -0.3 is 36.3 Å². The number of allylic oxidation sites excluding steroid dienone is 2. The fourth-order valence-corrected chi connectivity index (χ4v) is 11.1. The Morgan fingerprint density at radius 2 is 1.12 bits per heavy atom. The number of amides is 3. The molecule has 6 aromatic rings. The molecule has 0 bridgehead atoms. The van der Waals surface area contributed by atoms with E-state index >= 15 is 0 Å². The van der Waals surface area contributed by atoms with Crippen molar-refractivity contribution < 1.29 is 39.5 Å². The smallest absolute Gasteiger partial charge is 0.413 e. The quantitative estimate of drug-likeness (QED) is 0.0635. The normalized spacial score (nSPS) is 17.9. The Balaban J connectivity index is 0.000000214. The molecule has 2 aromatic carbocycles. The first-order valence-corrected chi connectivity index (χ1v) is 28.8. The topological polar surface area (TPSA) is 270 Å². The Kier molecular flexibility index (Phi) is 22.5. The molecule has 0 unspecified atom stereocenters. The second kappa shape index (κ2) is 29.4.